The van der Waals surface area contributed by atoms with Gasteiger partial charge in [-0.3, -0.25) is 0 Å². The van der Waals surface area contributed by atoms with Crippen LogP contribution in [0.25, 0.3) is 0 Å². The topological polar surface area (TPSA) is 9.72 Å². The molecule has 0 atom stereocenters. The van der Waals surface area contributed by atoms with Crippen LogP contribution in [0.3, 0.4) is 0 Å². The van der Waals surface area contributed by atoms with Crippen molar-refractivity contribution in [1.82, 2.24) is 9.36 Å². The van der Waals surface area contributed by atoms with Crippen molar-refractivity contribution in [3.8, 4) is 0 Å². The van der Waals surface area contributed by atoms with Crippen LogP contribution >= 0.6 is 0 Å². The fraction of sp³-hybridized carbons (Fsp3) is 1.00. The van der Waals surface area contributed by atoms with Crippen molar-refractivity contribution in [3.63, 3.8) is 0 Å². The van der Waals surface area contributed by atoms with Crippen molar-refractivity contribution in [2.45, 2.75) is 41.5 Å². The van der Waals surface area contributed by atoms with Crippen molar-refractivity contribution >= 4 is 20.6 Å². The molecule has 0 amide bonds. The van der Waals surface area contributed by atoms with E-state index >= 15 is 0 Å². The van der Waals surface area contributed by atoms with Gasteiger partial charge in [0.05, 0.1) is 0 Å². The van der Waals surface area contributed by atoms with Crippen molar-refractivity contribution in [3.05, 3.63) is 0 Å². The number of nitrogens with zero attached hydrogens (tertiary/aromatic N) is 3. The first-order valence-electron chi connectivity index (χ1n) is 6.81. The van der Waals surface area contributed by atoms with Crippen LogP contribution in [-0.4, -0.2) is 69.2 Å². The molecule has 0 N–H and O–H groups in total. The van der Waals surface area contributed by atoms with E-state index in [4.69, 9.17) is 0 Å². The molecule has 0 saturated carbocycles. The summed E-state index contributed by atoms with van der Waals surface area (Å²) >= 11 is -1.72. The summed E-state index contributed by atoms with van der Waals surface area (Å²) in [6.45, 7) is 21.1. The second kappa shape index (κ2) is 9.68. The van der Waals surface area contributed by atoms with Gasteiger partial charge < -0.3 is 0 Å². The maximum atomic E-state index is 2.74. The number of hydrogen-bond acceptors (Lipinski definition) is 3. The van der Waals surface area contributed by atoms with Gasteiger partial charge in [-0.25, -0.2) is 0 Å². The summed E-state index contributed by atoms with van der Waals surface area (Å²) in [6.07, 6.45) is 0. The van der Waals surface area contributed by atoms with E-state index < -0.39 is 20.6 Å². The third-order valence-electron chi connectivity index (χ3n) is 3.14. The first-order valence-corrected chi connectivity index (χ1v) is 10.6. The van der Waals surface area contributed by atoms with E-state index in [9.17, 15) is 0 Å². The molecule has 0 saturated heterocycles. The monoisotopic (exact) mass is 336 g/mol. The Balaban J connectivity index is 4.84. The number of hydrogen-bond donors (Lipinski definition) is 0. The van der Waals surface area contributed by atoms with E-state index in [1.807, 2.05) is 0 Å². The first-order chi connectivity index (χ1) is 7.69. The predicted octanol–water partition coefficient (Wildman–Crippen LogP) is 2.00. The molecule has 0 unspecified atom stereocenters. The third kappa shape index (κ3) is 4.51. The van der Waals surface area contributed by atoms with Gasteiger partial charge in [0.25, 0.3) is 0 Å². The Morgan fingerprint density at radius 2 is 0.688 bits per heavy atom. The van der Waals surface area contributed by atoms with Gasteiger partial charge in [-0.1, -0.05) is 0 Å². The molecule has 4 heteroatoms. The van der Waals surface area contributed by atoms with E-state index in [1.165, 1.54) is 39.3 Å². The Hall–Kier alpha value is 0.679. The third-order valence-corrected chi connectivity index (χ3v) is 13.4. The average molecular weight is 335 g/mol. The number of rotatable bonds is 9. The van der Waals surface area contributed by atoms with E-state index in [0.717, 1.165) is 0 Å². The molecule has 3 nitrogen and oxygen atoms in total. The van der Waals surface area contributed by atoms with Crippen LogP contribution in [0.4, 0.5) is 0 Å². The van der Waals surface area contributed by atoms with Crippen LogP contribution in [0.2, 0.25) is 0 Å². The maximum absolute atomic E-state index is 2.74. The van der Waals surface area contributed by atoms with Crippen LogP contribution in [0, 0.1) is 0 Å². The zero-order valence-corrected chi connectivity index (χ0v) is 14.9. The Labute approximate surface area is 111 Å². The first kappa shape index (κ1) is 16.7. The summed E-state index contributed by atoms with van der Waals surface area (Å²) in [7, 11) is 0. The zero-order valence-electron chi connectivity index (χ0n) is 12.1. The van der Waals surface area contributed by atoms with Gasteiger partial charge >= 0.3 is 111 Å². The van der Waals surface area contributed by atoms with Crippen molar-refractivity contribution < 1.29 is 0 Å². The Kier molecular flexibility index (Phi) is 10.1. The molecule has 0 spiro atoms. The molecule has 0 aliphatic heterocycles. The van der Waals surface area contributed by atoms with Crippen LogP contribution < -0.4 is 0 Å². The molecule has 0 aromatic heterocycles. The van der Waals surface area contributed by atoms with Gasteiger partial charge in [-0.2, -0.15) is 0 Å². The molecule has 1 radical (unpaired) electrons. The molecule has 0 aliphatic carbocycles. The molecular formula is C12H30N3Sn. The molecule has 0 fully saturated rings. The van der Waals surface area contributed by atoms with Crippen molar-refractivity contribution in [2.24, 2.45) is 0 Å². The van der Waals surface area contributed by atoms with Crippen LogP contribution in [0.15, 0.2) is 0 Å². The molecule has 0 bridgehead atoms. The van der Waals surface area contributed by atoms with E-state index in [0.29, 0.717) is 0 Å². The summed E-state index contributed by atoms with van der Waals surface area (Å²) in [4.78, 5) is 0. The van der Waals surface area contributed by atoms with E-state index in [2.05, 4.69) is 50.9 Å². The minimum absolute atomic E-state index is 1.21. The van der Waals surface area contributed by atoms with Crippen LogP contribution in [-0.2, 0) is 0 Å². The SMILES string of the molecule is CC[N](CC)[Sn]([N](CC)CC)[N](CC)CC. The second-order valence-corrected chi connectivity index (χ2v) is 10.9. The molecule has 16 heavy (non-hydrogen) atoms. The molecule has 0 aromatic rings. The Bertz CT molecular complexity index is 126. The molecule has 0 heterocycles. The fourth-order valence-electron chi connectivity index (χ4n) is 2.12. The van der Waals surface area contributed by atoms with E-state index in [-0.39, 0.29) is 0 Å². The van der Waals surface area contributed by atoms with Gasteiger partial charge in [0, 0.05) is 0 Å². The van der Waals surface area contributed by atoms with Crippen molar-refractivity contribution in [1.29, 1.82) is 0 Å². The standard InChI is InChI=1S/3C4H10N.Sn/c3*1-3-5-4-2;/h3*3-4H2,1-2H3;/q3*-1;+3. The Morgan fingerprint density at radius 1 is 0.500 bits per heavy atom. The summed E-state index contributed by atoms with van der Waals surface area (Å²) in [5.41, 5.74) is 0. The summed E-state index contributed by atoms with van der Waals surface area (Å²) in [6, 6.07) is 0. The normalized spacial score (nSPS) is 12.4. The van der Waals surface area contributed by atoms with Gasteiger partial charge in [0.1, 0.15) is 0 Å². The molecular weight excluding hydrogens is 305 g/mol. The molecule has 0 aromatic carbocycles. The molecule has 0 aliphatic rings. The predicted molar refractivity (Wildman–Crippen MR) is 74.5 cm³/mol. The van der Waals surface area contributed by atoms with Gasteiger partial charge in [0.2, 0.25) is 0 Å². The fourth-order valence-corrected chi connectivity index (χ4v) is 10.4. The summed E-state index contributed by atoms with van der Waals surface area (Å²) in [5, 5.41) is 0. The van der Waals surface area contributed by atoms with Gasteiger partial charge in [0.15, 0.2) is 0 Å². The summed E-state index contributed by atoms with van der Waals surface area (Å²) in [5.74, 6) is 0. The minimum atomic E-state index is -1.72. The van der Waals surface area contributed by atoms with Gasteiger partial charge in [-0.05, 0) is 0 Å². The zero-order chi connectivity index (χ0) is 12.6. The molecule has 0 rings (SSSR count). The van der Waals surface area contributed by atoms with Crippen LogP contribution in [0.1, 0.15) is 41.5 Å². The van der Waals surface area contributed by atoms with Crippen molar-refractivity contribution in [2.75, 3.05) is 39.3 Å². The van der Waals surface area contributed by atoms with Gasteiger partial charge in [-0.15, -0.1) is 0 Å². The second-order valence-electron chi connectivity index (χ2n) is 3.82. The van der Waals surface area contributed by atoms with Crippen LogP contribution in [0.5, 0.6) is 0 Å². The average Bonchev–Trinajstić information content (AvgIpc) is 2.33. The molecule has 97 valence electrons. The Morgan fingerprint density at radius 3 is 0.812 bits per heavy atom. The van der Waals surface area contributed by atoms with E-state index in [1.54, 1.807) is 0 Å². The summed E-state index contributed by atoms with van der Waals surface area (Å²) < 4.78 is 8.22. The quantitative estimate of drug-likeness (QED) is 0.597.